The quantitative estimate of drug-likeness (QED) is 0.476. The molecule has 0 spiro atoms. The SMILES string of the molecule is CC/C(=C\c1ccc2c(c1OC)OCO2)C(=O)c1ccc(N(C)C)c(N)c1. The van der Waals surface area contributed by atoms with Gasteiger partial charge in [-0.05, 0) is 42.8 Å². The van der Waals surface area contributed by atoms with E-state index in [0.717, 1.165) is 11.3 Å². The monoisotopic (exact) mass is 368 g/mol. The highest BCUT2D eigenvalue weighted by molar-refractivity contribution is 6.12. The van der Waals surface area contributed by atoms with E-state index in [1.807, 2.05) is 50.2 Å². The molecular formula is C21H24N2O4. The first-order chi connectivity index (χ1) is 13.0. The molecular weight excluding hydrogens is 344 g/mol. The largest absolute Gasteiger partial charge is 0.492 e. The van der Waals surface area contributed by atoms with Gasteiger partial charge in [0, 0.05) is 30.8 Å². The maximum Gasteiger partial charge on any atom is 0.231 e. The first kappa shape index (κ1) is 18.6. The van der Waals surface area contributed by atoms with Gasteiger partial charge in [-0.1, -0.05) is 6.92 Å². The number of benzene rings is 2. The van der Waals surface area contributed by atoms with E-state index in [9.17, 15) is 4.79 Å². The van der Waals surface area contributed by atoms with Crippen LogP contribution in [0.1, 0.15) is 29.3 Å². The number of nitrogens with two attached hydrogens (primary N) is 1. The zero-order chi connectivity index (χ0) is 19.6. The third kappa shape index (κ3) is 3.56. The van der Waals surface area contributed by atoms with Gasteiger partial charge in [0.25, 0.3) is 0 Å². The fourth-order valence-corrected chi connectivity index (χ4v) is 3.09. The van der Waals surface area contributed by atoms with Gasteiger partial charge in [0.05, 0.1) is 18.5 Å². The predicted octanol–water partition coefficient (Wildman–Crippen LogP) is 3.75. The molecule has 0 aromatic heterocycles. The summed E-state index contributed by atoms with van der Waals surface area (Å²) in [4.78, 5) is 14.9. The van der Waals surface area contributed by atoms with Crippen molar-refractivity contribution in [2.24, 2.45) is 0 Å². The van der Waals surface area contributed by atoms with Crippen molar-refractivity contribution in [3.05, 3.63) is 47.0 Å². The Morgan fingerprint density at radius 2 is 2.04 bits per heavy atom. The number of Topliss-reactive ketones (excluding diaryl/α,β-unsaturated/α-hetero) is 1. The number of anilines is 2. The van der Waals surface area contributed by atoms with Crippen LogP contribution in [0.5, 0.6) is 17.2 Å². The Bertz CT molecular complexity index is 903. The summed E-state index contributed by atoms with van der Waals surface area (Å²) in [5.41, 5.74) is 9.54. The van der Waals surface area contributed by atoms with Gasteiger partial charge in [-0.25, -0.2) is 0 Å². The summed E-state index contributed by atoms with van der Waals surface area (Å²) in [6, 6.07) is 9.06. The number of fused-ring (bicyclic) bond motifs is 1. The van der Waals surface area contributed by atoms with Crippen LogP contribution >= 0.6 is 0 Å². The first-order valence-corrected chi connectivity index (χ1v) is 8.75. The fourth-order valence-electron chi connectivity index (χ4n) is 3.09. The lowest BCUT2D eigenvalue weighted by Crippen LogP contribution is -2.12. The summed E-state index contributed by atoms with van der Waals surface area (Å²) < 4.78 is 16.4. The van der Waals surface area contributed by atoms with Crippen molar-refractivity contribution in [2.45, 2.75) is 13.3 Å². The zero-order valence-electron chi connectivity index (χ0n) is 16.0. The van der Waals surface area contributed by atoms with Gasteiger partial charge in [0.15, 0.2) is 17.3 Å². The highest BCUT2D eigenvalue weighted by Crippen LogP contribution is 2.44. The zero-order valence-corrected chi connectivity index (χ0v) is 16.0. The molecule has 2 aromatic carbocycles. The number of allylic oxidation sites excluding steroid dienone is 1. The van der Waals surface area contributed by atoms with Crippen molar-refractivity contribution in [1.82, 2.24) is 0 Å². The van der Waals surface area contributed by atoms with Crippen molar-refractivity contribution >= 4 is 23.2 Å². The number of hydrogen-bond acceptors (Lipinski definition) is 6. The summed E-state index contributed by atoms with van der Waals surface area (Å²) in [5, 5.41) is 0. The Labute approximate surface area is 159 Å². The minimum atomic E-state index is -0.0609. The van der Waals surface area contributed by atoms with E-state index in [-0.39, 0.29) is 12.6 Å². The molecule has 0 amide bonds. The molecule has 0 aliphatic carbocycles. The Morgan fingerprint density at radius 1 is 1.26 bits per heavy atom. The van der Waals surface area contributed by atoms with Crippen molar-refractivity contribution in [3.8, 4) is 17.2 Å². The minimum Gasteiger partial charge on any atom is -0.492 e. The predicted molar refractivity (Wildman–Crippen MR) is 107 cm³/mol. The number of ketones is 1. The van der Waals surface area contributed by atoms with E-state index >= 15 is 0 Å². The standard InChI is InChI=1S/C21H24N2O4/c1-5-13(19(24)14-6-8-17(23(2)3)16(22)11-14)10-15-7-9-18-21(20(15)25-4)27-12-26-18/h6-11H,5,12,22H2,1-4H3/b13-10+. The topological polar surface area (TPSA) is 74.0 Å². The number of hydrogen-bond donors (Lipinski definition) is 1. The number of rotatable bonds is 6. The first-order valence-electron chi connectivity index (χ1n) is 8.75. The second kappa shape index (κ2) is 7.61. The Hall–Kier alpha value is -3.15. The highest BCUT2D eigenvalue weighted by Gasteiger charge is 2.22. The fraction of sp³-hybridized carbons (Fsp3) is 0.286. The van der Waals surface area contributed by atoms with Crippen LogP contribution in [0.25, 0.3) is 6.08 Å². The molecule has 1 aliphatic heterocycles. The molecule has 1 aliphatic rings. The smallest absolute Gasteiger partial charge is 0.231 e. The number of carbonyl (C=O) groups excluding carboxylic acids is 1. The van der Waals surface area contributed by atoms with Gasteiger partial charge >= 0.3 is 0 Å². The van der Waals surface area contributed by atoms with Crippen molar-refractivity contribution < 1.29 is 19.0 Å². The van der Waals surface area contributed by atoms with E-state index in [1.54, 1.807) is 19.2 Å². The molecule has 142 valence electrons. The molecule has 0 radical (unpaired) electrons. The van der Waals surface area contributed by atoms with Crippen LogP contribution in [0.2, 0.25) is 0 Å². The lowest BCUT2D eigenvalue weighted by molar-refractivity contribution is 0.103. The summed E-state index contributed by atoms with van der Waals surface area (Å²) in [6.45, 7) is 2.11. The molecule has 6 nitrogen and oxygen atoms in total. The van der Waals surface area contributed by atoms with E-state index in [2.05, 4.69) is 0 Å². The molecule has 27 heavy (non-hydrogen) atoms. The second-order valence-electron chi connectivity index (χ2n) is 6.44. The van der Waals surface area contributed by atoms with Gasteiger partial charge in [0.2, 0.25) is 12.5 Å². The number of carbonyl (C=O) groups is 1. The molecule has 2 N–H and O–H groups in total. The summed E-state index contributed by atoms with van der Waals surface area (Å²) in [6.07, 6.45) is 2.41. The van der Waals surface area contributed by atoms with E-state index in [1.165, 1.54) is 0 Å². The van der Waals surface area contributed by atoms with Gasteiger partial charge in [-0.3, -0.25) is 4.79 Å². The van der Waals surface area contributed by atoms with Crippen LogP contribution in [-0.4, -0.2) is 33.8 Å². The molecule has 2 aromatic rings. The number of methoxy groups -OCH3 is 1. The molecule has 0 saturated carbocycles. The van der Waals surface area contributed by atoms with Gasteiger partial charge < -0.3 is 24.8 Å². The van der Waals surface area contributed by atoms with Crippen LogP contribution in [0.3, 0.4) is 0 Å². The van der Waals surface area contributed by atoms with Crippen LogP contribution in [0.4, 0.5) is 11.4 Å². The molecule has 6 heteroatoms. The molecule has 0 atom stereocenters. The number of nitrogens with zero attached hydrogens (tertiary/aromatic N) is 1. The maximum atomic E-state index is 13.0. The summed E-state index contributed by atoms with van der Waals surface area (Å²) in [5.74, 6) is 1.70. The Kier molecular flexibility index (Phi) is 5.26. The normalized spacial score (nSPS) is 12.8. The van der Waals surface area contributed by atoms with Crippen LogP contribution in [0.15, 0.2) is 35.9 Å². The summed E-state index contributed by atoms with van der Waals surface area (Å²) >= 11 is 0. The van der Waals surface area contributed by atoms with Crippen LogP contribution in [0, 0.1) is 0 Å². The third-order valence-electron chi connectivity index (χ3n) is 4.50. The lowest BCUT2D eigenvalue weighted by Gasteiger charge is -2.16. The lowest BCUT2D eigenvalue weighted by atomic mass is 9.97. The molecule has 1 heterocycles. The molecule has 3 rings (SSSR count). The maximum absolute atomic E-state index is 13.0. The van der Waals surface area contributed by atoms with E-state index in [0.29, 0.717) is 40.5 Å². The third-order valence-corrected chi connectivity index (χ3v) is 4.50. The van der Waals surface area contributed by atoms with Gasteiger partial charge in [-0.15, -0.1) is 0 Å². The average molecular weight is 368 g/mol. The molecule has 0 bridgehead atoms. The average Bonchev–Trinajstić information content (AvgIpc) is 3.13. The Morgan fingerprint density at radius 3 is 2.67 bits per heavy atom. The highest BCUT2D eigenvalue weighted by atomic mass is 16.7. The molecule has 0 saturated heterocycles. The van der Waals surface area contributed by atoms with Gasteiger partial charge in [0.1, 0.15) is 0 Å². The number of nitrogen functional groups attached to an aromatic ring is 1. The molecule has 0 fully saturated rings. The second-order valence-corrected chi connectivity index (χ2v) is 6.44. The van der Waals surface area contributed by atoms with Crippen LogP contribution < -0.4 is 24.8 Å². The minimum absolute atomic E-state index is 0.0609. The van der Waals surface area contributed by atoms with E-state index in [4.69, 9.17) is 19.9 Å². The van der Waals surface area contributed by atoms with E-state index < -0.39 is 0 Å². The van der Waals surface area contributed by atoms with Crippen molar-refractivity contribution in [2.75, 3.05) is 38.6 Å². The number of ether oxygens (including phenoxy) is 3. The molecule has 0 unspecified atom stereocenters. The van der Waals surface area contributed by atoms with Crippen molar-refractivity contribution in [3.63, 3.8) is 0 Å². The summed E-state index contributed by atoms with van der Waals surface area (Å²) in [7, 11) is 5.40. The van der Waals surface area contributed by atoms with Crippen LogP contribution in [-0.2, 0) is 0 Å². The van der Waals surface area contributed by atoms with Gasteiger partial charge in [-0.2, -0.15) is 0 Å². The Balaban J connectivity index is 1.98. The van der Waals surface area contributed by atoms with Crippen molar-refractivity contribution in [1.29, 1.82) is 0 Å².